The minimum absolute atomic E-state index is 0.184. The van der Waals surface area contributed by atoms with Gasteiger partial charge in [0.25, 0.3) is 0 Å². The quantitative estimate of drug-likeness (QED) is 0.680. The van der Waals surface area contributed by atoms with Crippen LogP contribution in [-0.2, 0) is 0 Å². The number of hydrogen-bond acceptors (Lipinski definition) is 5. The summed E-state index contributed by atoms with van der Waals surface area (Å²) < 4.78 is 13.1. The first-order valence-electron chi connectivity index (χ1n) is 3.84. The number of halogens is 1. The smallest absolute Gasteiger partial charge is 0.199 e. The van der Waals surface area contributed by atoms with Gasteiger partial charge in [-0.3, -0.25) is 5.10 Å². The highest BCUT2D eigenvalue weighted by Gasteiger charge is 2.11. The second-order valence-electron chi connectivity index (χ2n) is 2.67. The van der Waals surface area contributed by atoms with Gasteiger partial charge >= 0.3 is 0 Å². The molecule has 0 saturated carbocycles. The molecular formula is C7H7FN6. The van der Waals surface area contributed by atoms with Crippen LogP contribution < -0.4 is 5.73 Å². The van der Waals surface area contributed by atoms with Crippen molar-refractivity contribution in [2.24, 2.45) is 0 Å². The maximum atomic E-state index is 13.1. The van der Waals surface area contributed by atoms with Crippen molar-refractivity contribution in [1.29, 1.82) is 0 Å². The summed E-state index contributed by atoms with van der Waals surface area (Å²) in [6.45, 7) is 1.51. The van der Waals surface area contributed by atoms with Gasteiger partial charge in [-0.2, -0.15) is 5.10 Å². The van der Waals surface area contributed by atoms with Gasteiger partial charge in [0.1, 0.15) is 6.33 Å². The number of nitrogen functional groups attached to an aromatic ring is 1. The Hall–Kier alpha value is -2.05. The molecule has 2 heterocycles. The normalized spacial score (nSPS) is 10.4. The number of nitrogens with two attached hydrogens (primary N) is 1. The highest BCUT2D eigenvalue weighted by Crippen LogP contribution is 2.15. The Balaban J connectivity index is 2.57. The number of nitrogens with zero attached hydrogens (tertiary/aromatic N) is 4. The molecule has 72 valence electrons. The topological polar surface area (TPSA) is 93.4 Å². The number of nitrogens with one attached hydrogen (secondary N) is 1. The van der Waals surface area contributed by atoms with E-state index in [9.17, 15) is 4.39 Å². The molecule has 3 N–H and O–H groups in total. The Morgan fingerprint density at radius 1 is 1.43 bits per heavy atom. The Kier molecular flexibility index (Phi) is 1.84. The zero-order chi connectivity index (χ0) is 10.1. The molecular weight excluding hydrogens is 187 g/mol. The lowest BCUT2D eigenvalue weighted by atomic mass is 10.4. The molecule has 6 nitrogen and oxygen atoms in total. The van der Waals surface area contributed by atoms with Gasteiger partial charge in [-0.1, -0.05) is 0 Å². The average Bonchev–Trinajstić information content (AvgIpc) is 2.66. The molecule has 0 fully saturated rings. The monoisotopic (exact) mass is 194 g/mol. The van der Waals surface area contributed by atoms with Crippen molar-refractivity contribution in [2.75, 3.05) is 5.73 Å². The molecule has 0 aromatic carbocycles. The molecule has 0 unspecified atom stereocenters. The third kappa shape index (κ3) is 1.28. The summed E-state index contributed by atoms with van der Waals surface area (Å²) in [5.74, 6) is -0.198. The number of H-pyrrole nitrogens is 1. The highest BCUT2D eigenvalue weighted by molar-refractivity contribution is 5.47. The van der Waals surface area contributed by atoms with Crippen LogP contribution >= 0.6 is 0 Å². The molecule has 7 heteroatoms. The molecule has 0 aliphatic rings. The Bertz CT molecular complexity index is 428. The van der Waals surface area contributed by atoms with Crippen molar-refractivity contribution >= 4 is 5.82 Å². The molecule has 0 spiro atoms. The zero-order valence-corrected chi connectivity index (χ0v) is 7.32. The van der Waals surface area contributed by atoms with Crippen LogP contribution in [0.3, 0.4) is 0 Å². The summed E-state index contributed by atoms with van der Waals surface area (Å²) in [5, 5.41) is 6.19. The Labute approximate surface area is 78.4 Å². The van der Waals surface area contributed by atoms with Crippen molar-refractivity contribution in [3.05, 3.63) is 17.8 Å². The number of hydrogen-bond donors (Lipinski definition) is 2. The molecule has 2 aromatic heterocycles. The first kappa shape index (κ1) is 8.54. The maximum absolute atomic E-state index is 13.1. The summed E-state index contributed by atoms with van der Waals surface area (Å²) in [6, 6.07) is 0. The largest absolute Gasteiger partial charge is 0.381 e. The van der Waals surface area contributed by atoms with Crippen LogP contribution in [0.5, 0.6) is 0 Å². The summed E-state index contributed by atoms with van der Waals surface area (Å²) in [6.07, 6.45) is 1.31. The van der Waals surface area contributed by atoms with E-state index in [4.69, 9.17) is 5.73 Å². The number of aromatic amines is 1. The van der Waals surface area contributed by atoms with E-state index < -0.39 is 5.82 Å². The van der Waals surface area contributed by atoms with Crippen molar-refractivity contribution < 1.29 is 4.39 Å². The van der Waals surface area contributed by atoms with Crippen LogP contribution in [0.1, 0.15) is 5.69 Å². The zero-order valence-electron chi connectivity index (χ0n) is 7.32. The van der Waals surface area contributed by atoms with Gasteiger partial charge in [0.2, 0.25) is 0 Å². The van der Waals surface area contributed by atoms with Gasteiger partial charge in [-0.05, 0) is 6.92 Å². The number of rotatable bonds is 1. The predicted octanol–water partition coefficient (Wildman–Crippen LogP) is 0.291. The molecule has 2 rings (SSSR count). The summed E-state index contributed by atoms with van der Waals surface area (Å²) in [4.78, 5) is 11.4. The van der Waals surface area contributed by atoms with Gasteiger partial charge in [0.15, 0.2) is 23.3 Å². The van der Waals surface area contributed by atoms with Crippen LogP contribution in [0.15, 0.2) is 6.33 Å². The highest BCUT2D eigenvalue weighted by atomic mass is 19.1. The van der Waals surface area contributed by atoms with Gasteiger partial charge in [0, 0.05) is 0 Å². The first-order valence-corrected chi connectivity index (χ1v) is 3.84. The van der Waals surface area contributed by atoms with Crippen molar-refractivity contribution in [1.82, 2.24) is 25.1 Å². The molecule has 14 heavy (non-hydrogen) atoms. The molecule has 2 aromatic rings. The molecule has 0 atom stereocenters. The fourth-order valence-corrected chi connectivity index (χ4v) is 1.00. The standard InChI is InChI=1S/C7H7FN6/c1-3-4(8)5(9)13-7(12-3)6-10-2-11-14-6/h2H,1H3,(H2,9,12,13)(H,10,11,14). The van der Waals surface area contributed by atoms with Crippen molar-refractivity contribution in [3.63, 3.8) is 0 Å². The number of anilines is 1. The van der Waals surface area contributed by atoms with Crippen LogP contribution in [0.25, 0.3) is 11.6 Å². The minimum Gasteiger partial charge on any atom is -0.381 e. The number of aryl methyl sites for hydroxylation is 1. The van der Waals surface area contributed by atoms with E-state index in [1.54, 1.807) is 0 Å². The van der Waals surface area contributed by atoms with Gasteiger partial charge in [-0.15, -0.1) is 0 Å². The Morgan fingerprint density at radius 3 is 2.79 bits per heavy atom. The minimum atomic E-state index is -0.603. The van der Waals surface area contributed by atoms with Crippen LogP contribution in [0, 0.1) is 12.7 Å². The number of aromatic nitrogens is 5. The molecule has 0 aliphatic heterocycles. The molecule has 0 bridgehead atoms. The van der Waals surface area contributed by atoms with Gasteiger partial charge in [0.05, 0.1) is 5.69 Å². The van der Waals surface area contributed by atoms with E-state index in [1.807, 2.05) is 0 Å². The summed E-state index contributed by atoms with van der Waals surface area (Å²) in [5.41, 5.74) is 5.52. The first-order chi connectivity index (χ1) is 6.68. The SMILES string of the molecule is Cc1nc(-c2ncn[nH]2)nc(N)c1F. The van der Waals surface area contributed by atoms with Gasteiger partial charge in [-0.25, -0.2) is 19.3 Å². The van der Waals surface area contributed by atoms with Crippen molar-refractivity contribution in [3.8, 4) is 11.6 Å². The van der Waals surface area contributed by atoms with E-state index in [-0.39, 0.29) is 17.3 Å². The fourth-order valence-electron chi connectivity index (χ4n) is 1.00. The second kappa shape index (κ2) is 3.02. The summed E-state index contributed by atoms with van der Waals surface area (Å²) in [7, 11) is 0. The van der Waals surface area contributed by atoms with Gasteiger partial charge < -0.3 is 5.73 Å². The molecule has 0 amide bonds. The average molecular weight is 194 g/mol. The molecule has 0 radical (unpaired) electrons. The van der Waals surface area contributed by atoms with E-state index in [1.165, 1.54) is 13.3 Å². The van der Waals surface area contributed by atoms with Crippen molar-refractivity contribution in [2.45, 2.75) is 6.92 Å². The van der Waals surface area contributed by atoms with E-state index in [2.05, 4.69) is 25.1 Å². The Morgan fingerprint density at radius 2 is 2.21 bits per heavy atom. The summed E-state index contributed by atoms with van der Waals surface area (Å²) >= 11 is 0. The van der Waals surface area contributed by atoms with E-state index in [0.717, 1.165) is 0 Å². The maximum Gasteiger partial charge on any atom is 0.199 e. The predicted molar refractivity (Wildman–Crippen MR) is 46.5 cm³/mol. The van der Waals surface area contributed by atoms with Crippen LogP contribution in [-0.4, -0.2) is 25.1 Å². The van der Waals surface area contributed by atoms with E-state index >= 15 is 0 Å². The van der Waals surface area contributed by atoms with E-state index in [0.29, 0.717) is 5.82 Å². The lowest BCUT2D eigenvalue weighted by Gasteiger charge is -2.01. The lowest BCUT2D eigenvalue weighted by molar-refractivity contribution is 0.608. The molecule has 0 aliphatic carbocycles. The van der Waals surface area contributed by atoms with Crippen LogP contribution in [0.4, 0.5) is 10.2 Å². The van der Waals surface area contributed by atoms with Crippen LogP contribution in [0.2, 0.25) is 0 Å². The third-order valence-corrected chi connectivity index (χ3v) is 1.67. The second-order valence-corrected chi connectivity index (χ2v) is 2.67. The molecule has 0 saturated heterocycles. The fraction of sp³-hybridized carbons (Fsp3) is 0.143. The lowest BCUT2D eigenvalue weighted by Crippen LogP contribution is -2.03. The third-order valence-electron chi connectivity index (χ3n) is 1.67.